The maximum absolute atomic E-state index is 5.05. The van der Waals surface area contributed by atoms with Gasteiger partial charge in [-0.05, 0) is 38.3 Å². The minimum atomic E-state index is 0.163. The second-order valence-electron chi connectivity index (χ2n) is 7.74. The van der Waals surface area contributed by atoms with Crippen LogP contribution in [0, 0.1) is 6.92 Å². The van der Waals surface area contributed by atoms with Gasteiger partial charge >= 0.3 is 0 Å². The molecule has 0 radical (unpaired) electrons. The molecule has 6 rings (SSSR count). The molecule has 0 N–H and O–H groups in total. The van der Waals surface area contributed by atoms with E-state index in [2.05, 4.69) is 36.6 Å². The first-order valence-corrected chi connectivity index (χ1v) is 10.3. The third-order valence-corrected chi connectivity index (χ3v) is 5.83. The van der Waals surface area contributed by atoms with Crippen LogP contribution in [0.15, 0.2) is 43.1 Å². The van der Waals surface area contributed by atoms with E-state index in [4.69, 9.17) is 9.97 Å². The van der Waals surface area contributed by atoms with E-state index >= 15 is 0 Å². The van der Waals surface area contributed by atoms with Crippen molar-refractivity contribution in [2.45, 2.75) is 45.2 Å². The number of pyridine rings is 1. The Morgan fingerprint density at radius 2 is 1.90 bits per heavy atom. The molecule has 30 heavy (non-hydrogen) atoms. The van der Waals surface area contributed by atoms with E-state index < -0.39 is 0 Å². The van der Waals surface area contributed by atoms with Gasteiger partial charge in [0.15, 0.2) is 11.6 Å². The van der Waals surface area contributed by atoms with E-state index in [-0.39, 0.29) is 6.04 Å². The lowest BCUT2D eigenvalue weighted by Gasteiger charge is -2.37. The number of hydrogen-bond donors (Lipinski definition) is 0. The molecule has 1 aliphatic carbocycles. The Hall–Kier alpha value is -3.62. The molecule has 150 valence electrons. The number of imidazole rings is 1. The zero-order valence-electron chi connectivity index (χ0n) is 16.8. The molecule has 1 fully saturated rings. The summed E-state index contributed by atoms with van der Waals surface area (Å²) in [7, 11) is 0. The molecule has 0 aromatic carbocycles. The molecule has 5 heterocycles. The molecule has 0 unspecified atom stereocenters. The molecule has 0 saturated heterocycles. The lowest BCUT2D eigenvalue weighted by Crippen LogP contribution is -2.37. The van der Waals surface area contributed by atoms with Crippen LogP contribution in [0.2, 0.25) is 0 Å². The van der Waals surface area contributed by atoms with Gasteiger partial charge in [-0.1, -0.05) is 6.92 Å². The second-order valence-corrected chi connectivity index (χ2v) is 7.74. The number of aryl methyl sites for hydroxylation is 1. The maximum Gasteiger partial charge on any atom is 0.237 e. The highest BCUT2D eigenvalue weighted by Gasteiger charge is 2.42. The van der Waals surface area contributed by atoms with Crippen molar-refractivity contribution in [1.29, 1.82) is 0 Å². The van der Waals surface area contributed by atoms with Crippen molar-refractivity contribution in [2.75, 3.05) is 4.90 Å². The highest BCUT2D eigenvalue weighted by molar-refractivity contribution is 5.64. The van der Waals surface area contributed by atoms with Gasteiger partial charge in [0.25, 0.3) is 0 Å². The summed E-state index contributed by atoms with van der Waals surface area (Å²) in [5.74, 6) is 4.17. The Kier molecular flexibility index (Phi) is 3.71. The minimum absolute atomic E-state index is 0.163. The van der Waals surface area contributed by atoms with Crippen LogP contribution in [0.3, 0.4) is 0 Å². The molecule has 1 aliphatic heterocycles. The first kappa shape index (κ1) is 17.3. The van der Waals surface area contributed by atoms with Crippen LogP contribution >= 0.6 is 0 Å². The first-order valence-electron chi connectivity index (χ1n) is 10.3. The molecule has 0 amide bonds. The van der Waals surface area contributed by atoms with Crippen molar-refractivity contribution in [3.63, 3.8) is 0 Å². The van der Waals surface area contributed by atoms with Crippen LogP contribution in [0.25, 0.3) is 23.0 Å². The molecule has 0 bridgehead atoms. The lowest BCUT2D eigenvalue weighted by molar-refractivity contribution is 0.530. The Labute approximate surface area is 173 Å². The van der Waals surface area contributed by atoms with Crippen molar-refractivity contribution in [3.8, 4) is 23.0 Å². The lowest BCUT2D eigenvalue weighted by atomic mass is 10.1. The van der Waals surface area contributed by atoms with E-state index in [1.165, 1.54) is 12.8 Å². The highest BCUT2D eigenvalue weighted by Crippen LogP contribution is 2.45. The fraction of sp³-hybridized carbons (Fsp3) is 0.333. The summed E-state index contributed by atoms with van der Waals surface area (Å²) in [6.45, 7) is 4.17. The summed E-state index contributed by atoms with van der Waals surface area (Å²) in [5, 5.41) is 8.83. The third kappa shape index (κ3) is 2.47. The van der Waals surface area contributed by atoms with Gasteiger partial charge in [-0.25, -0.2) is 9.97 Å². The zero-order chi connectivity index (χ0) is 20.2. The highest BCUT2D eigenvalue weighted by atomic mass is 15.4. The average Bonchev–Trinajstić information content (AvgIpc) is 3.37. The van der Waals surface area contributed by atoms with Gasteiger partial charge in [0.1, 0.15) is 17.3 Å². The Morgan fingerprint density at radius 3 is 2.67 bits per heavy atom. The summed E-state index contributed by atoms with van der Waals surface area (Å²) in [5.41, 5.74) is 1.91. The molecular weight excluding hydrogens is 378 g/mol. The van der Waals surface area contributed by atoms with Crippen molar-refractivity contribution in [3.05, 3.63) is 54.8 Å². The van der Waals surface area contributed by atoms with Gasteiger partial charge in [0.2, 0.25) is 5.95 Å². The monoisotopic (exact) mass is 399 g/mol. The molecule has 4 aromatic heterocycles. The van der Waals surface area contributed by atoms with Crippen molar-refractivity contribution < 1.29 is 0 Å². The number of aromatic nitrogens is 8. The number of anilines is 1. The quantitative estimate of drug-likeness (QED) is 0.521. The van der Waals surface area contributed by atoms with E-state index in [9.17, 15) is 0 Å². The predicted molar refractivity (Wildman–Crippen MR) is 111 cm³/mol. The molecule has 9 heteroatoms. The normalized spacial score (nSPS) is 17.7. The molecule has 9 nitrogen and oxygen atoms in total. The van der Waals surface area contributed by atoms with Gasteiger partial charge in [0, 0.05) is 36.4 Å². The van der Waals surface area contributed by atoms with Gasteiger partial charge in [0.05, 0.1) is 12.2 Å². The van der Waals surface area contributed by atoms with Crippen molar-refractivity contribution in [1.82, 2.24) is 39.3 Å². The number of fused-ring (bicyclic) bond motifs is 3. The first-order chi connectivity index (χ1) is 14.8. The Morgan fingerprint density at radius 1 is 1.07 bits per heavy atom. The van der Waals surface area contributed by atoms with Crippen LogP contribution in [-0.4, -0.2) is 45.3 Å². The van der Waals surface area contributed by atoms with Crippen LogP contribution in [0.1, 0.15) is 43.9 Å². The maximum atomic E-state index is 5.05. The zero-order valence-corrected chi connectivity index (χ0v) is 16.8. The standard InChI is InChI=1S/C21H21N9/c1-3-16-20-27-26-13(2)29(20)17-12-24-21(25-19(17)30(16)15-4-5-15)28-11-10-23-18(28)14-6-8-22-9-7-14/h6-12,15-16H,3-5H2,1-2H3/t16-/m1/s1. The largest absolute Gasteiger partial charge is 0.341 e. The smallest absolute Gasteiger partial charge is 0.237 e. The fourth-order valence-electron chi connectivity index (χ4n) is 4.32. The third-order valence-electron chi connectivity index (χ3n) is 5.83. The topological polar surface area (TPSA) is 90.4 Å². The van der Waals surface area contributed by atoms with Gasteiger partial charge in [-0.2, -0.15) is 4.98 Å². The average molecular weight is 399 g/mol. The van der Waals surface area contributed by atoms with Crippen LogP contribution in [0.5, 0.6) is 0 Å². The predicted octanol–water partition coefficient (Wildman–Crippen LogP) is 3.05. The number of rotatable bonds is 4. The van der Waals surface area contributed by atoms with E-state index in [1.54, 1.807) is 18.6 Å². The Balaban J connectivity index is 1.53. The van der Waals surface area contributed by atoms with E-state index in [0.29, 0.717) is 12.0 Å². The van der Waals surface area contributed by atoms with Gasteiger partial charge in [-0.3, -0.25) is 14.1 Å². The van der Waals surface area contributed by atoms with E-state index in [0.717, 1.165) is 41.0 Å². The van der Waals surface area contributed by atoms with Gasteiger partial charge < -0.3 is 4.90 Å². The second kappa shape index (κ2) is 6.45. The molecule has 1 saturated carbocycles. The fourth-order valence-corrected chi connectivity index (χ4v) is 4.32. The van der Waals surface area contributed by atoms with Gasteiger partial charge in [-0.15, -0.1) is 10.2 Å². The SMILES string of the molecule is CC[C@@H]1c2nnc(C)n2-c2cnc(-n3ccnc3-c3ccncc3)nc2N1C1CC1. The van der Waals surface area contributed by atoms with Crippen LogP contribution in [-0.2, 0) is 0 Å². The summed E-state index contributed by atoms with van der Waals surface area (Å²) < 4.78 is 4.03. The summed E-state index contributed by atoms with van der Waals surface area (Å²) in [4.78, 5) is 20.8. The summed E-state index contributed by atoms with van der Waals surface area (Å²) >= 11 is 0. The number of hydrogen-bond acceptors (Lipinski definition) is 7. The minimum Gasteiger partial charge on any atom is -0.341 e. The molecular formula is C21H21N9. The molecule has 2 aliphatic rings. The van der Waals surface area contributed by atoms with Crippen molar-refractivity contribution >= 4 is 5.82 Å². The van der Waals surface area contributed by atoms with E-state index in [1.807, 2.05) is 36.0 Å². The molecule has 1 atom stereocenters. The van der Waals surface area contributed by atoms with Crippen LogP contribution in [0.4, 0.5) is 5.82 Å². The Bertz CT molecular complexity index is 1220. The summed E-state index contributed by atoms with van der Waals surface area (Å²) in [6, 6.07) is 4.53. The number of nitrogens with zero attached hydrogens (tertiary/aromatic N) is 9. The van der Waals surface area contributed by atoms with Crippen molar-refractivity contribution in [2.24, 2.45) is 0 Å². The summed E-state index contributed by atoms with van der Waals surface area (Å²) in [6.07, 6.45) is 12.4. The molecule has 0 spiro atoms. The van der Waals surface area contributed by atoms with Crippen LogP contribution < -0.4 is 4.90 Å². The molecule has 4 aromatic rings.